The third kappa shape index (κ3) is 4.54. The average molecular weight is 442 g/mol. The minimum atomic E-state index is -4.38. The lowest BCUT2D eigenvalue weighted by molar-refractivity contribution is -0.137. The van der Waals surface area contributed by atoms with Gasteiger partial charge in [0.25, 0.3) is 0 Å². The molecule has 152 valence electrons. The number of benzene rings is 1. The van der Waals surface area contributed by atoms with E-state index in [2.05, 4.69) is 19.9 Å². The first-order valence-corrected chi connectivity index (χ1v) is 10.1. The van der Waals surface area contributed by atoms with Gasteiger partial charge in [-0.05, 0) is 23.2 Å². The summed E-state index contributed by atoms with van der Waals surface area (Å²) in [6.45, 7) is 2.45. The minimum absolute atomic E-state index is 0.0645. The Bertz CT molecular complexity index is 1030. The molecule has 0 amide bonds. The number of halogens is 4. The first kappa shape index (κ1) is 20.1. The Morgan fingerprint density at radius 1 is 1.10 bits per heavy atom. The Balaban J connectivity index is 1.64. The van der Waals surface area contributed by atoms with Crippen molar-refractivity contribution in [1.29, 1.82) is 0 Å². The molecule has 1 aliphatic rings. The van der Waals surface area contributed by atoms with Crippen LogP contribution in [0.2, 0.25) is 5.28 Å². The number of aromatic nitrogens is 4. The topological polar surface area (TPSA) is 64.0 Å². The summed E-state index contributed by atoms with van der Waals surface area (Å²) in [7, 11) is 0. The molecule has 1 saturated heterocycles. The third-order valence-corrected chi connectivity index (χ3v) is 5.56. The van der Waals surface area contributed by atoms with Crippen LogP contribution in [-0.2, 0) is 16.7 Å². The first-order chi connectivity index (χ1) is 13.9. The van der Waals surface area contributed by atoms with E-state index in [-0.39, 0.29) is 5.28 Å². The third-order valence-electron chi connectivity index (χ3n) is 4.34. The van der Waals surface area contributed by atoms with Gasteiger partial charge in [0.2, 0.25) is 5.28 Å². The molecule has 0 aliphatic carbocycles. The van der Waals surface area contributed by atoms with Crippen LogP contribution in [-0.4, -0.2) is 46.2 Å². The molecule has 0 atom stereocenters. The fraction of sp³-hybridized carbons (Fsp3) is 0.333. The van der Waals surface area contributed by atoms with E-state index in [4.69, 9.17) is 16.3 Å². The van der Waals surface area contributed by atoms with Crippen LogP contribution in [0.15, 0.2) is 35.6 Å². The standard InChI is InChI=1S/C18H15ClF3N5OS/c19-17-25-14-13(15(26-17)27-4-6-28-7-5-27)23-10-24-16(14)29-9-11-2-1-3-12(8-11)18(20,21)22/h1-3,8,10H,4-7,9H2. The van der Waals surface area contributed by atoms with E-state index in [9.17, 15) is 13.2 Å². The van der Waals surface area contributed by atoms with E-state index in [1.54, 1.807) is 6.07 Å². The van der Waals surface area contributed by atoms with Gasteiger partial charge in [-0.3, -0.25) is 0 Å². The number of rotatable bonds is 4. The molecule has 3 heterocycles. The maximum absolute atomic E-state index is 12.9. The number of alkyl halides is 3. The molecular weight excluding hydrogens is 427 g/mol. The highest BCUT2D eigenvalue weighted by molar-refractivity contribution is 7.98. The Morgan fingerprint density at radius 3 is 2.66 bits per heavy atom. The average Bonchev–Trinajstić information content (AvgIpc) is 2.72. The first-order valence-electron chi connectivity index (χ1n) is 8.72. The van der Waals surface area contributed by atoms with Gasteiger partial charge in [0.15, 0.2) is 5.82 Å². The van der Waals surface area contributed by atoms with Crippen molar-refractivity contribution < 1.29 is 17.9 Å². The number of nitrogens with zero attached hydrogens (tertiary/aromatic N) is 5. The van der Waals surface area contributed by atoms with E-state index < -0.39 is 11.7 Å². The summed E-state index contributed by atoms with van der Waals surface area (Å²) in [5, 5.41) is 0.598. The van der Waals surface area contributed by atoms with Crippen molar-refractivity contribution >= 4 is 40.2 Å². The lowest BCUT2D eigenvalue weighted by Gasteiger charge is -2.28. The van der Waals surface area contributed by atoms with Crippen molar-refractivity contribution in [2.45, 2.75) is 17.0 Å². The predicted octanol–water partition coefficient (Wildman–Crippen LogP) is 4.22. The molecular formula is C18H15ClF3N5OS. The molecule has 1 aromatic carbocycles. The second-order valence-corrected chi connectivity index (χ2v) is 7.58. The zero-order chi connectivity index (χ0) is 20.4. The van der Waals surface area contributed by atoms with Gasteiger partial charge in [0.05, 0.1) is 18.8 Å². The SMILES string of the molecule is FC(F)(F)c1cccc(CSc2ncnc3c(N4CCOCC4)nc(Cl)nc23)c1. The number of thioether (sulfide) groups is 1. The number of anilines is 1. The van der Waals surface area contributed by atoms with Crippen molar-refractivity contribution in [3.63, 3.8) is 0 Å². The van der Waals surface area contributed by atoms with Gasteiger partial charge in [-0.25, -0.2) is 15.0 Å². The van der Waals surface area contributed by atoms with Crippen molar-refractivity contribution in [3.8, 4) is 0 Å². The largest absolute Gasteiger partial charge is 0.416 e. The molecule has 0 N–H and O–H groups in total. The Kier molecular flexibility index (Phi) is 5.75. The van der Waals surface area contributed by atoms with E-state index in [0.717, 1.165) is 12.1 Å². The quantitative estimate of drug-likeness (QED) is 0.341. The summed E-state index contributed by atoms with van der Waals surface area (Å²) in [4.78, 5) is 19.2. The second-order valence-electron chi connectivity index (χ2n) is 6.28. The summed E-state index contributed by atoms with van der Waals surface area (Å²) in [6.07, 6.45) is -2.98. The van der Waals surface area contributed by atoms with Gasteiger partial charge < -0.3 is 9.64 Å². The molecule has 0 saturated carbocycles. The van der Waals surface area contributed by atoms with Crippen molar-refractivity contribution in [2.75, 3.05) is 31.2 Å². The highest BCUT2D eigenvalue weighted by atomic mass is 35.5. The molecule has 3 aromatic rings. The Hall–Kier alpha value is -2.17. The van der Waals surface area contributed by atoms with Crippen LogP contribution in [0.3, 0.4) is 0 Å². The van der Waals surface area contributed by atoms with E-state index in [1.165, 1.54) is 24.2 Å². The molecule has 0 radical (unpaired) electrons. The zero-order valence-electron chi connectivity index (χ0n) is 15.0. The van der Waals surface area contributed by atoms with Gasteiger partial charge in [-0.2, -0.15) is 18.2 Å². The maximum Gasteiger partial charge on any atom is 0.416 e. The van der Waals surface area contributed by atoms with Crippen LogP contribution in [0.4, 0.5) is 19.0 Å². The molecule has 0 unspecified atom stereocenters. The van der Waals surface area contributed by atoms with Gasteiger partial charge in [0.1, 0.15) is 22.4 Å². The van der Waals surface area contributed by atoms with Gasteiger partial charge >= 0.3 is 6.18 Å². The molecule has 1 fully saturated rings. The fourth-order valence-electron chi connectivity index (χ4n) is 2.98. The zero-order valence-corrected chi connectivity index (χ0v) is 16.6. The summed E-state index contributed by atoms with van der Waals surface area (Å²) in [5.74, 6) is 0.900. The van der Waals surface area contributed by atoms with Crippen LogP contribution < -0.4 is 4.90 Å². The Morgan fingerprint density at radius 2 is 1.90 bits per heavy atom. The normalized spacial score (nSPS) is 15.1. The Labute approximate surface area is 173 Å². The van der Waals surface area contributed by atoms with Crippen molar-refractivity contribution in [3.05, 3.63) is 47.0 Å². The molecule has 4 rings (SSSR count). The van der Waals surface area contributed by atoms with E-state index >= 15 is 0 Å². The lowest BCUT2D eigenvalue weighted by atomic mass is 10.1. The number of hydrogen-bond acceptors (Lipinski definition) is 7. The van der Waals surface area contributed by atoms with Crippen LogP contribution in [0.25, 0.3) is 11.0 Å². The van der Waals surface area contributed by atoms with Crippen LogP contribution in [0.1, 0.15) is 11.1 Å². The van der Waals surface area contributed by atoms with E-state index in [0.29, 0.717) is 59.5 Å². The molecule has 0 bridgehead atoms. The van der Waals surface area contributed by atoms with Crippen molar-refractivity contribution in [2.24, 2.45) is 0 Å². The smallest absolute Gasteiger partial charge is 0.378 e. The summed E-state index contributed by atoms with van der Waals surface area (Å²) >= 11 is 7.41. The summed E-state index contributed by atoms with van der Waals surface area (Å²) < 4.78 is 44.2. The molecule has 0 spiro atoms. The van der Waals surface area contributed by atoms with Crippen LogP contribution in [0, 0.1) is 0 Å². The molecule has 1 aliphatic heterocycles. The summed E-state index contributed by atoms with van der Waals surface area (Å²) in [6, 6.07) is 5.23. The van der Waals surface area contributed by atoms with E-state index in [1.807, 2.05) is 4.90 Å². The molecule has 29 heavy (non-hydrogen) atoms. The summed E-state index contributed by atoms with van der Waals surface area (Å²) in [5.41, 5.74) is 0.886. The highest BCUT2D eigenvalue weighted by Crippen LogP contribution is 2.33. The van der Waals surface area contributed by atoms with Gasteiger partial charge in [0, 0.05) is 18.8 Å². The highest BCUT2D eigenvalue weighted by Gasteiger charge is 2.30. The van der Waals surface area contributed by atoms with Crippen LogP contribution >= 0.6 is 23.4 Å². The number of morpholine rings is 1. The molecule has 6 nitrogen and oxygen atoms in total. The second kappa shape index (κ2) is 8.29. The predicted molar refractivity (Wildman–Crippen MR) is 104 cm³/mol. The monoisotopic (exact) mass is 441 g/mol. The number of hydrogen-bond donors (Lipinski definition) is 0. The number of fused-ring (bicyclic) bond motifs is 1. The van der Waals surface area contributed by atoms with Crippen molar-refractivity contribution in [1.82, 2.24) is 19.9 Å². The van der Waals surface area contributed by atoms with Crippen LogP contribution in [0.5, 0.6) is 0 Å². The molecule has 2 aromatic heterocycles. The van der Waals surface area contributed by atoms with Gasteiger partial charge in [-0.15, -0.1) is 0 Å². The maximum atomic E-state index is 12.9. The number of ether oxygens (including phenoxy) is 1. The molecule has 11 heteroatoms. The minimum Gasteiger partial charge on any atom is -0.378 e. The van der Waals surface area contributed by atoms with Gasteiger partial charge in [-0.1, -0.05) is 30.0 Å². The lowest BCUT2D eigenvalue weighted by Crippen LogP contribution is -2.37. The fourth-order valence-corrected chi connectivity index (χ4v) is 4.02.